The van der Waals surface area contributed by atoms with Crippen molar-refractivity contribution in [3.8, 4) is 5.75 Å². The van der Waals surface area contributed by atoms with Crippen LogP contribution in [0, 0.1) is 5.92 Å². The van der Waals surface area contributed by atoms with Gasteiger partial charge in [0.05, 0.1) is 6.04 Å². The number of aliphatic carboxylic acids is 1. The average Bonchev–Trinajstić information content (AvgIpc) is 3.40. The molecule has 2 aromatic carbocycles. The number of hydrogen-bond acceptors (Lipinski definition) is 7. The van der Waals surface area contributed by atoms with Crippen LogP contribution in [-0.2, 0) is 36.8 Å². The van der Waals surface area contributed by atoms with Gasteiger partial charge in [0.25, 0.3) is 0 Å². The summed E-state index contributed by atoms with van der Waals surface area (Å²) in [6, 6.07) is 8.84. The molecule has 1 aromatic heterocycles. The minimum absolute atomic E-state index is 0.0301. The predicted molar refractivity (Wildman–Crippen MR) is 163 cm³/mol. The first-order valence-electron chi connectivity index (χ1n) is 14.4. The topological polar surface area (TPSA) is 230 Å². The summed E-state index contributed by atoms with van der Waals surface area (Å²) in [5, 5.41) is 27.7. The van der Waals surface area contributed by atoms with Crippen molar-refractivity contribution in [3.05, 3.63) is 65.9 Å². The van der Waals surface area contributed by atoms with Crippen LogP contribution in [-0.4, -0.2) is 69.0 Å². The van der Waals surface area contributed by atoms with Crippen LogP contribution in [0.4, 0.5) is 0 Å². The number of phenolic OH excluding ortho intramolecular Hbond substituents is 1. The smallest absolute Gasteiger partial charge is 0.326 e. The predicted octanol–water partition coefficient (Wildman–Crippen LogP) is 0.837. The molecule has 3 rings (SSSR count). The lowest BCUT2D eigenvalue weighted by Crippen LogP contribution is -2.58. The van der Waals surface area contributed by atoms with Gasteiger partial charge in [-0.1, -0.05) is 50.6 Å². The van der Waals surface area contributed by atoms with E-state index >= 15 is 0 Å². The first-order valence-corrected chi connectivity index (χ1v) is 14.4. The molecule has 236 valence electrons. The third-order valence-corrected chi connectivity index (χ3v) is 7.55. The fourth-order valence-electron chi connectivity index (χ4n) is 4.75. The number of nitrogens with one attached hydrogen (secondary N) is 4. The highest BCUT2D eigenvalue weighted by Gasteiger charge is 2.32. The van der Waals surface area contributed by atoms with Gasteiger partial charge in [-0.25, -0.2) is 4.79 Å². The van der Waals surface area contributed by atoms with Gasteiger partial charge in [0.2, 0.25) is 23.6 Å². The molecule has 0 aliphatic heterocycles. The second kappa shape index (κ2) is 15.5. The Kier molecular flexibility index (Phi) is 11.9. The van der Waals surface area contributed by atoms with Gasteiger partial charge in [-0.05, 0) is 48.1 Å². The Morgan fingerprint density at radius 1 is 0.886 bits per heavy atom. The molecule has 4 amide bonds. The first-order chi connectivity index (χ1) is 20.9. The summed E-state index contributed by atoms with van der Waals surface area (Å²) >= 11 is 0. The van der Waals surface area contributed by atoms with E-state index in [9.17, 15) is 34.2 Å². The number of aromatic nitrogens is 1. The molecular formula is C31H40N6O7. The minimum Gasteiger partial charge on any atom is -0.508 e. The Morgan fingerprint density at radius 2 is 1.52 bits per heavy atom. The number of aromatic amines is 1. The third-order valence-electron chi connectivity index (χ3n) is 7.55. The number of carbonyl (C=O) groups excluding carboxylic acids is 4. The van der Waals surface area contributed by atoms with Crippen molar-refractivity contribution in [2.75, 3.05) is 0 Å². The van der Waals surface area contributed by atoms with E-state index in [1.165, 1.54) is 12.1 Å². The van der Waals surface area contributed by atoms with Crippen molar-refractivity contribution >= 4 is 40.5 Å². The molecule has 5 unspecified atom stereocenters. The van der Waals surface area contributed by atoms with Crippen LogP contribution in [0.3, 0.4) is 0 Å². The monoisotopic (exact) mass is 608 g/mol. The highest BCUT2D eigenvalue weighted by Crippen LogP contribution is 2.20. The molecule has 5 atom stereocenters. The Labute approximate surface area is 254 Å². The van der Waals surface area contributed by atoms with Gasteiger partial charge in [0.1, 0.15) is 23.9 Å². The summed E-state index contributed by atoms with van der Waals surface area (Å²) in [6.45, 7) is 3.45. The van der Waals surface area contributed by atoms with Crippen LogP contribution < -0.4 is 27.4 Å². The standard InChI is InChI=1S/C31H40N6O7/c1-3-17(2)27(31(43)44)37-29(41)24(12-13-26(33)39)35-30(42)25(15-19-16-34-23-7-5-4-6-21(19)23)36-28(40)22(32)14-18-8-10-20(38)11-9-18/h4-11,16-17,22,24-25,27,34,38H,3,12-15,32H2,1-2H3,(H2,33,39)(H,35,42)(H,36,40)(H,37,41)(H,43,44). The molecule has 0 aliphatic carbocycles. The third kappa shape index (κ3) is 9.30. The lowest BCUT2D eigenvalue weighted by Gasteiger charge is -2.26. The number of rotatable bonds is 16. The zero-order chi connectivity index (χ0) is 32.4. The summed E-state index contributed by atoms with van der Waals surface area (Å²) in [4.78, 5) is 66.6. The molecule has 0 spiro atoms. The Morgan fingerprint density at radius 3 is 2.16 bits per heavy atom. The number of carbonyl (C=O) groups is 5. The van der Waals surface area contributed by atoms with Gasteiger partial charge < -0.3 is 42.6 Å². The van der Waals surface area contributed by atoms with Crippen molar-refractivity contribution in [1.82, 2.24) is 20.9 Å². The number of carboxylic acids is 1. The van der Waals surface area contributed by atoms with Crippen molar-refractivity contribution in [2.45, 2.75) is 70.1 Å². The number of para-hydroxylation sites is 1. The number of benzene rings is 2. The molecule has 44 heavy (non-hydrogen) atoms. The van der Waals surface area contributed by atoms with Crippen LogP contribution in [0.15, 0.2) is 54.7 Å². The van der Waals surface area contributed by atoms with E-state index in [1.54, 1.807) is 32.2 Å². The molecule has 1 heterocycles. The highest BCUT2D eigenvalue weighted by molar-refractivity contribution is 5.95. The van der Waals surface area contributed by atoms with Crippen LogP contribution in [0.2, 0.25) is 0 Å². The number of hydrogen-bond donors (Lipinski definition) is 8. The van der Waals surface area contributed by atoms with Gasteiger partial charge in [0.15, 0.2) is 0 Å². The second-order valence-corrected chi connectivity index (χ2v) is 10.9. The highest BCUT2D eigenvalue weighted by atomic mass is 16.4. The molecule has 3 aromatic rings. The molecule has 10 N–H and O–H groups in total. The Bertz CT molecular complexity index is 1470. The largest absolute Gasteiger partial charge is 0.508 e. The summed E-state index contributed by atoms with van der Waals surface area (Å²) < 4.78 is 0. The molecule has 0 saturated heterocycles. The maximum atomic E-state index is 13.7. The number of carboxylic acid groups (broad SMARTS) is 1. The van der Waals surface area contributed by atoms with Crippen LogP contribution in [0.25, 0.3) is 10.9 Å². The Hall–Kier alpha value is -4.91. The zero-order valence-electron chi connectivity index (χ0n) is 24.7. The zero-order valence-corrected chi connectivity index (χ0v) is 24.7. The molecule has 0 fully saturated rings. The second-order valence-electron chi connectivity index (χ2n) is 10.9. The molecule has 0 radical (unpaired) electrons. The number of aromatic hydroxyl groups is 1. The number of amides is 4. The lowest BCUT2D eigenvalue weighted by atomic mass is 9.98. The summed E-state index contributed by atoms with van der Waals surface area (Å²) in [6.07, 6.45) is 1.91. The van der Waals surface area contributed by atoms with Gasteiger partial charge in [0, 0.05) is 29.9 Å². The quantitative estimate of drug-likeness (QED) is 0.116. The first kappa shape index (κ1) is 33.6. The fraction of sp³-hybridized carbons (Fsp3) is 0.387. The van der Waals surface area contributed by atoms with Crippen LogP contribution in [0.5, 0.6) is 5.75 Å². The number of phenols is 1. The van der Waals surface area contributed by atoms with Gasteiger partial charge in [-0.3, -0.25) is 19.2 Å². The van der Waals surface area contributed by atoms with Crippen molar-refractivity contribution in [3.63, 3.8) is 0 Å². The normalized spacial score (nSPS) is 14.5. The fourth-order valence-corrected chi connectivity index (χ4v) is 4.75. The number of H-pyrrole nitrogens is 1. The molecule has 0 bridgehead atoms. The maximum absolute atomic E-state index is 13.7. The minimum atomic E-state index is -1.31. The summed E-state index contributed by atoms with van der Waals surface area (Å²) in [7, 11) is 0. The Balaban J connectivity index is 1.85. The van der Waals surface area contributed by atoms with E-state index in [0.29, 0.717) is 17.5 Å². The van der Waals surface area contributed by atoms with Gasteiger partial charge in [-0.15, -0.1) is 0 Å². The van der Waals surface area contributed by atoms with E-state index in [2.05, 4.69) is 20.9 Å². The van der Waals surface area contributed by atoms with Gasteiger partial charge >= 0.3 is 5.97 Å². The molecule has 0 aliphatic rings. The summed E-state index contributed by atoms with van der Waals surface area (Å²) in [5.41, 5.74) is 13.7. The van der Waals surface area contributed by atoms with E-state index < -0.39 is 59.7 Å². The maximum Gasteiger partial charge on any atom is 0.326 e. The van der Waals surface area contributed by atoms with E-state index in [4.69, 9.17) is 11.5 Å². The van der Waals surface area contributed by atoms with Crippen molar-refractivity contribution in [1.29, 1.82) is 0 Å². The molecular weight excluding hydrogens is 568 g/mol. The van der Waals surface area contributed by atoms with Crippen LogP contribution >= 0.6 is 0 Å². The number of nitrogens with two attached hydrogens (primary N) is 2. The summed E-state index contributed by atoms with van der Waals surface area (Å²) in [5.74, 6) is -4.45. The van der Waals surface area contributed by atoms with Crippen molar-refractivity contribution < 1.29 is 34.2 Å². The van der Waals surface area contributed by atoms with E-state index in [0.717, 1.165) is 10.9 Å². The van der Waals surface area contributed by atoms with Gasteiger partial charge in [-0.2, -0.15) is 0 Å². The van der Waals surface area contributed by atoms with Crippen molar-refractivity contribution in [2.24, 2.45) is 17.4 Å². The SMILES string of the molecule is CCC(C)C(NC(=O)C(CCC(N)=O)NC(=O)C(Cc1c[nH]c2ccccc12)NC(=O)C(N)Cc1ccc(O)cc1)C(=O)O. The molecule has 13 nitrogen and oxygen atoms in total. The number of fused-ring (bicyclic) bond motifs is 1. The van der Waals surface area contributed by atoms with Crippen LogP contribution in [0.1, 0.15) is 44.2 Å². The number of primary amides is 1. The lowest BCUT2D eigenvalue weighted by molar-refractivity contribution is -0.144. The molecule has 0 saturated carbocycles. The average molecular weight is 609 g/mol. The molecule has 13 heteroatoms. The van der Waals surface area contributed by atoms with E-state index in [1.807, 2.05) is 24.3 Å². The van der Waals surface area contributed by atoms with E-state index in [-0.39, 0.29) is 31.4 Å².